The van der Waals surface area contributed by atoms with E-state index in [0.29, 0.717) is 0 Å². The summed E-state index contributed by atoms with van der Waals surface area (Å²) in [4.78, 5) is 13.9. The second kappa shape index (κ2) is 4.28. The first kappa shape index (κ1) is 11.2. The first-order valence-corrected chi connectivity index (χ1v) is 4.56. The van der Waals surface area contributed by atoms with Gasteiger partial charge in [0.1, 0.15) is 11.6 Å². The number of hydrogen-bond donors (Lipinski definition) is 1. The summed E-state index contributed by atoms with van der Waals surface area (Å²) in [6.07, 6.45) is -0.293. The molecule has 1 aromatic carbocycles. The van der Waals surface area contributed by atoms with Crippen LogP contribution in [0, 0.1) is 11.6 Å². The predicted molar refractivity (Wildman–Crippen MR) is 50.4 cm³/mol. The average Bonchev–Trinajstić information content (AvgIpc) is 2.72. The Morgan fingerprint density at radius 2 is 2.00 bits per heavy atom. The molecule has 0 saturated heterocycles. The number of hydrogen-bond acceptors (Lipinski definition) is 4. The SMILES string of the molecule is O=C(O)c1noc(Cc2c(F)cccc2F)n1. The molecule has 0 saturated carbocycles. The second-order valence-electron chi connectivity index (χ2n) is 3.19. The Kier molecular flexibility index (Phi) is 2.82. The lowest BCUT2D eigenvalue weighted by Gasteiger charge is -2.00. The van der Waals surface area contributed by atoms with Crippen molar-refractivity contribution in [1.29, 1.82) is 0 Å². The largest absolute Gasteiger partial charge is 0.475 e. The lowest BCUT2D eigenvalue weighted by molar-refractivity contribution is 0.0680. The van der Waals surface area contributed by atoms with Crippen molar-refractivity contribution in [2.45, 2.75) is 6.42 Å². The molecular weight excluding hydrogens is 234 g/mol. The molecule has 0 fully saturated rings. The van der Waals surface area contributed by atoms with Gasteiger partial charge < -0.3 is 9.63 Å². The zero-order valence-corrected chi connectivity index (χ0v) is 8.35. The summed E-state index contributed by atoms with van der Waals surface area (Å²) in [5.41, 5.74) is -0.243. The summed E-state index contributed by atoms with van der Waals surface area (Å²) in [5.74, 6) is -3.57. The van der Waals surface area contributed by atoms with Gasteiger partial charge in [0, 0.05) is 5.56 Å². The number of carboxylic acid groups (broad SMARTS) is 1. The molecule has 0 radical (unpaired) electrons. The fourth-order valence-electron chi connectivity index (χ4n) is 1.27. The van der Waals surface area contributed by atoms with Crippen LogP contribution in [-0.2, 0) is 6.42 Å². The number of benzene rings is 1. The molecule has 1 aromatic heterocycles. The zero-order valence-electron chi connectivity index (χ0n) is 8.35. The Bertz CT molecular complexity index is 548. The molecule has 2 rings (SSSR count). The van der Waals surface area contributed by atoms with Crippen LogP contribution in [0.1, 0.15) is 22.1 Å². The maximum atomic E-state index is 13.3. The molecular formula is C10H6F2N2O3. The van der Waals surface area contributed by atoms with Gasteiger partial charge in [-0.15, -0.1) is 0 Å². The number of rotatable bonds is 3. The van der Waals surface area contributed by atoms with Gasteiger partial charge in [0.05, 0.1) is 6.42 Å². The highest BCUT2D eigenvalue weighted by atomic mass is 19.1. The molecule has 1 heterocycles. The van der Waals surface area contributed by atoms with Gasteiger partial charge in [0.2, 0.25) is 5.89 Å². The first-order chi connectivity index (χ1) is 8.08. The third-order valence-corrected chi connectivity index (χ3v) is 2.05. The Labute approximate surface area is 93.7 Å². The normalized spacial score (nSPS) is 10.5. The standard InChI is InChI=1S/C10H6F2N2O3/c11-6-2-1-3-7(12)5(6)4-8-13-9(10(15)16)14-17-8/h1-3H,4H2,(H,15,16). The van der Waals surface area contributed by atoms with Gasteiger partial charge in [-0.3, -0.25) is 0 Å². The lowest BCUT2D eigenvalue weighted by atomic mass is 10.1. The number of halogens is 2. The molecule has 0 unspecified atom stereocenters. The number of aromatic nitrogens is 2. The van der Waals surface area contributed by atoms with Crippen molar-refractivity contribution >= 4 is 5.97 Å². The molecule has 5 nitrogen and oxygen atoms in total. The molecule has 0 aliphatic carbocycles. The van der Waals surface area contributed by atoms with E-state index in [0.717, 1.165) is 12.1 Å². The Hall–Kier alpha value is -2.31. The van der Waals surface area contributed by atoms with E-state index in [-0.39, 0.29) is 17.9 Å². The predicted octanol–water partition coefficient (Wildman–Crippen LogP) is 1.64. The Balaban J connectivity index is 2.28. The Morgan fingerprint density at radius 3 is 2.53 bits per heavy atom. The maximum absolute atomic E-state index is 13.3. The maximum Gasteiger partial charge on any atom is 0.377 e. The second-order valence-corrected chi connectivity index (χ2v) is 3.19. The molecule has 0 bridgehead atoms. The van der Waals surface area contributed by atoms with Gasteiger partial charge in [-0.2, -0.15) is 4.98 Å². The zero-order chi connectivity index (χ0) is 12.4. The summed E-state index contributed by atoms with van der Waals surface area (Å²) in [5, 5.41) is 11.7. The molecule has 88 valence electrons. The minimum atomic E-state index is -1.37. The van der Waals surface area contributed by atoms with Gasteiger partial charge in [-0.05, 0) is 17.3 Å². The molecule has 7 heteroatoms. The van der Waals surface area contributed by atoms with Crippen LogP contribution in [0.5, 0.6) is 0 Å². The highest BCUT2D eigenvalue weighted by molar-refractivity contribution is 5.82. The van der Waals surface area contributed by atoms with Crippen LogP contribution in [0.15, 0.2) is 22.7 Å². The van der Waals surface area contributed by atoms with Gasteiger partial charge in [-0.1, -0.05) is 6.07 Å². The van der Waals surface area contributed by atoms with Crippen molar-refractivity contribution in [3.05, 3.63) is 47.1 Å². The molecule has 0 aliphatic heterocycles. The van der Waals surface area contributed by atoms with E-state index >= 15 is 0 Å². The van der Waals surface area contributed by atoms with Crippen molar-refractivity contribution in [2.75, 3.05) is 0 Å². The first-order valence-electron chi connectivity index (χ1n) is 4.56. The number of nitrogens with zero attached hydrogens (tertiary/aromatic N) is 2. The van der Waals surface area contributed by atoms with Crippen molar-refractivity contribution in [3.63, 3.8) is 0 Å². The smallest absolute Gasteiger partial charge is 0.377 e. The fraction of sp³-hybridized carbons (Fsp3) is 0.100. The van der Waals surface area contributed by atoms with E-state index in [1.54, 1.807) is 0 Å². The van der Waals surface area contributed by atoms with Crippen molar-refractivity contribution in [1.82, 2.24) is 10.1 Å². The highest BCUT2D eigenvalue weighted by Crippen LogP contribution is 2.15. The van der Waals surface area contributed by atoms with E-state index in [2.05, 4.69) is 14.7 Å². The van der Waals surface area contributed by atoms with E-state index in [4.69, 9.17) is 5.11 Å². The van der Waals surface area contributed by atoms with Crippen LogP contribution >= 0.6 is 0 Å². The fourth-order valence-corrected chi connectivity index (χ4v) is 1.27. The third-order valence-electron chi connectivity index (χ3n) is 2.05. The number of carbonyl (C=O) groups is 1. The minimum Gasteiger partial charge on any atom is -0.475 e. The lowest BCUT2D eigenvalue weighted by Crippen LogP contribution is -2.00. The van der Waals surface area contributed by atoms with Gasteiger partial charge in [0.15, 0.2) is 0 Å². The third kappa shape index (κ3) is 2.27. The molecule has 0 aliphatic rings. The summed E-state index contributed by atoms with van der Waals surface area (Å²) in [6, 6.07) is 3.41. The summed E-state index contributed by atoms with van der Waals surface area (Å²) in [6.45, 7) is 0. The van der Waals surface area contributed by atoms with Gasteiger partial charge in [-0.25, -0.2) is 13.6 Å². The van der Waals surface area contributed by atoms with Crippen LogP contribution in [0.25, 0.3) is 0 Å². The summed E-state index contributed by atoms with van der Waals surface area (Å²) >= 11 is 0. The van der Waals surface area contributed by atoms with Crippen molar-refractivity contribution in [3.8, 4) is 0 Å². The quantitative estimate of drug-likeness (QED) is 0.882. The van der Waals surface area contributed by atoms with Gasteiger partial charge >= 0.3 is 5.97 Å². The van der Waals surface area contributed by atoms with Crippen LogP contribution in [-0.4, -0.2) is 21.2 Å². The van der Waals surface area contributed by atoms with E-state index < -0.39 is 23.4 Å². The molecule has 0 spiro atoms. The van der Waals surface area contributed by atoms with E-state index in [1.165, 1.54) is 6.07 Å². The van der Waals surface area contributed by atoms with Gasteiger partial charge in [0.25, 0.3) is 5.82 Å². The molecule has 0 amide bonds. The average molecular weight is 240 g/mol. The summed E-state index contributed by atoms with van der Waals surface area (Å²) in [7, 11) is 0. The molecule has 17 heavy (non-hydrogen) atoms. The van der Waals surface area contributed by atoms with Crippen molar-refractivity contribution in [2.24, 2.45) is 0 Å². The van der Waals surface area contributed by atoms with E-state index in [1.807, 2.05) is 0 Å². The van der Waals surface area contributed by atoms with E-state index in [9.17, 15) is 13.6 Å². The molecule has 0 atom stereocenters. The number of aromatic carboxylic acids is 1. The minimum absolute atomic E-state index is 0.161. The van der Waals surface area contributed by atoms with Crippen LogP contribution in [0.4, 0.5) is 8.78 Å². The molecule has 1 N–H and O–H groups in total. The number of carboxylic acids is 1. The van der Waals surface area contributed by atoms with Crippen LogP contribution < -0.4 is 0 Å². The highest BCUT2D eigenvalue weighted by Gasteiger charge is 2.16. The van der Waals surface area contributed by atoms with Crippen LogP contribution in [0.2, 0.25) is 0 Å². The topological polar surface area (TPSA) is 76.2 Å². The molecule has 2 aromatic rings. The van der Waals surface area contributed by atoms with Crippen molar-refractivity contribution < 1.29 is 23.2 Å². The monoisotopic (exact) mass is 240 g/mol. The summed E-state index contributed by atoms with van der Waals surface area (Å²) < 4.78 is 31.1. The Morgan fingerprint density at radius 1 is 1.35 bits per heavy atom. The van der Waals surface area contributed by atoms with Crippen LogP contribution in [0.3, 0.4) is 0 Å².